The maximum absolute atomic E-state index is 12.3. The lowest BCUT2D eigenvalue weighted by Crippen LogP contribution is -2.14. The summed E-state index contributed by atoms with van der Waals surface area (Å²) in [6, 6.07) is 13.8. The van der Waals surface area contributed by atoms with Gasteiger partial charge in [-0.3, -0.25) is 10.1 Å². The first-order valence-electron chi connectivity index (χ1n) is 8.97. The minimum atomic E-state index is -0.191. The van der Waals surface area contributed by atoms with Gasteiger partial charge in [0.25, 0.3) is 0 Å². The smallest absolute Gasteiger partial charge is 0.236 e. The van der Waals surface area contributed by atoms with E-state index in [0.29, 0.717) is 15.7 Å². The zero-order valence-corrected chi connectivity index (χ0v) is 16.6. The van der Waals surface area contributed by atoms with E-state index >= 15 is 0 Å². The monoisotopic (exact) mass is 407 g/mol. The Bertz CT molecular complexity index is 1040. The first-order valence-corrected chi connectivity index (χ1v) is 10.8. The second-order valence-corrected chi connectivity index (χ2v) is 8.32. The summed E-state index contributed by atoms with van der Waals surface area (Å²) in [6.45, 7) is 0. The molecular weight excluding hydrogens is 390 g/mol. The number of thioether (sulfide) groups is 1. The Labute approximate surface area is 171 Å². The van der Waals surface area contributed by atoms with E-state index in [1.807, 2.05) is 36.4 Å². The van der Waals surface area contributed by atoms with Gasteiger partial charge in [-0.1, -0.05) is 53.4 Å². The average Bonchev–Trinajstić information content (AvgIpc) is 3.20. The molecule has 0 spiro atoms. The molecule has 0 saturated heterocycles. The molecule has 4 rings (SSSR count). The number of carbonyl (C=O) groups is 1. The number of rotatable bonds is 5. The molecule has 2 aromatic heterocycles. The van der Waals surface area contributed by atoms with Gasteiger partial charge in [-0.2, -0.15) is 5.26 Å². The number of aromatic nitrogens is 3. The standard InChI is InChI=1S/C20H17N5OS2/c21-11-15-10-14-8-4-5-9-16(14)22-18(15)27-12-17(26)23-20-25-24-19(28-20)13-6-2-1-3-7-13/h1-3,6-7,10H,4-5,8-9,12H2,(H,23,25,26). The number of aryl methyl sites for hydroxylation is 2. The van der Waals surface area contributed by atoms with Crippen LogP contribution in [0.4, 0.5) is 5.13 Å². The van der Waals surface area contributed by atoms with Crippen molar-refractivity contribution in [2.24, 2.45) is 0 Å². The van der Waals surface area contributed by atoms with E-state index in [0.717, 1.165) is 41.9 Å². The van der Waals surface area contributed by atoms with Crippen molar-refractivity contribution in [3.63, 3.8) is 0 Å². The number of benzene rings is 1. The molecule has 1 N–H and O–H groups in total. The molecule has 0 radical (unpaired) electrons. The summed E-state index contributed by atoms with van der Waals surface area (Å²) in [4.78, 5) is 17.0. The first kappa shape index (κ1) is 18.6. The SMILES string of the molecule is N#Cc1cc2c(nc1SCC(=O)Nc1nnc(-c3ccccc3)s1)CCCC2. The fourth-order valence-electron chi connectivity index (χ4n) is 3.07. The molecule has 0 atom stereocenters. The van der Waals surface area contributed by atoms with Crippen LogP contribution < -0.4 is 5.32 Å². The quantitative estimate of drug-likeness (QED) is 0.641. The number of nitriles is 1. The average molecular weight is 408 g/mol. The van der Waals surface area contributed by atoms with Gasteiger partial charge in [0.2, 0.25) is 11.0 Å². The van der Waals surface area contributed by atoms with Crippen LogP contribution in [0.25, 0.3) is 10.6 Å². The summed E-state index contributed by atoms with van der Waals surface area (Å²) in [5.41, 5.74) is 3.73. The molecule has 1 aromatic carbocycles. The van der Waals surface area contributed by atoms with Crippen LogP contribution in [0.15, 0.2) is 41.4 Å². The number of hydrogen-bond donors (Lipinski definition) is 1. The van der Waals surface area contributed by atoms with E-state index in [9.17, 15) is 10.1 Å². The van der Waals surface area contributed by atoms with Crippen LogP contribution in [0.1, 0.15) is 29.7 Å². The normalized spacial score (nSPS) is 12.8. The van der Waals surface area contributed by atoms with Crippen LogP contribution in [-0.4, -0.2) is 26.8 Å². The first-order chi connectivity index (χ1) is 13.7. The molecule has 140 valence electrons. The highest BCUT2D eigenvalue weighted by Gasteiger charge is 2.17. The lowest BCUT2D eigenvalue weighted by Gasteiger charge is -2.16. The third-order valence-corrected chi connectivity index (χ3v) is 6.30. The second-order valence-electron chi connectivity index (χ2n) is 6.38. The Morgan fingerprint density at radius 3 is 2.86 bits per heavy atom. The number of anilines is 1. The molecule has 28 heavy (non-hydrogen) atoms. The van der Waals surface area contributed by atoms with E-state index in [2.05, 4.69) is 26.6 Å². The summed E-state index contributed by atoms with van der Waals surface area (Å²) in [5.74, 6) is -0.0232. The van der Waals surface area contributed by atoms with Crippen LogP contribution in [0, 0.1) is 11.3 Å². The minimum absolute atomic E-state index is 0.167. The molecule has 0 aliphatic heterocycles. The van der Waals surface area contributed by atoms with Crippen molar-refractivity contribution in [3.8, 4) is 16.6 Å². The molecule has 1 amide bonds. The Kier molecular flexibility index (Phi) is 5.65. The third-order valence-electron chi connectivity index (χ3n) is 4.42. The maximum Gasteiger partial charge on any atom is 0.236 e. The molecule has 6 nitrogen and oxygen atoms in total. The molecule has 0 fully saturated rings. The highest BCUT2D eigenvalue weighted by Crippen LogP contribution is 2.28. The van der Waals surface area contributed by atoms with Gasteiger partial charge in [0.15, 0.2) is 0 Å². The van der Waals surface area contributed by atoms with E-state index in [1.54, 1.807) is 0 Å². The maximum atomic E-state index is 12.3. The van der Waals surface area contributed by atoms with Gasteiger partial charge in [0.1, 0.15) is 16.1 Å². The summed E-state index contributed by atoms with van der Waals surface area (Å²) < 4.78 is 0. The van der Waals surface area contributed by atoms with Crippen LogP contribution >= 0.6 is 23.1 Å². The number of pyridine rings is 1. The number of hydrogen-bond acceptors (Lipinski definition) is 7. The summed E-state index contributed by atoms with van der Waals surface area (Å²) >= 11 is 2.62. The fraction of sp³-hybridized carbons (Fsp3) is 0.250. The fourth-order valence-corrected chi connectivity index (χ4v) is 4.61. The van der Waals surface area contributed by atoms with E-state index < -0.39 is 0 Å². The highest BCUT2D eigenvalue weighted by atomic mass is 32.2. The predicted octanol–water partition coefficient (Wildman–Crippen LogP) is 4.08. The Hall–Kier alpha value is -2.76. The molecule has 1 aliphatic rings. The van der Waals surface area contributed by atoms with Gasteiger partial charge in [0, 0.05) is 11.3 Å². The molecule has 0 bridgehead atoms. The van der Waals surface area contributed by atoms with Crippen molar-refractivity contribution in [3.05, 3.63) is 53.2 Å². The molecular formula is C20H17N5OS2. The number of carbonyl (C=O) groups excluding carboxylic acids is 1. The molecule has 1 aliphatic carbocycles. The Balaban J connectivity index is 1.40. The molecule has 2 heterocycles. The lowest BCUT2D eigenvalue weighted by molar-refractivity contribution is -0.113. The summed E-state index contributed by atoms with van der Waals surface area (Å²) in [5, 5.41) is 22.2. The number of fused-ring (bicyclic) bond motifs is 1. The third kappa shape index (κ3) is 4.21. The minimum Gasteiger partial charge on any atom is -0.300 e. The summed E-state index contributed by atoms with van der Waals surface area (Å²) in [6.07, 6.45) is 4.18. The van der Waals surface area contributed by atoms with Crippen LogP contribution in [0.5, 0.6) is 0 Å². The van der Waals surface area contributed by atoms with Gasteiger partial charge in [-0.25, -0.2) is 4.98 Å². The van der Waals surface area contributed by atoms with Gasteiger partial charge < -0.3 is 0 Å². The van der Waals surface area contributed by atoms with Gasteiger partial charge in [-0.15, -0.1) is 10.2 Å². The second kappa shape index (κ2) is 8.50. The Morgan fingerprint density at radius 1 is 1.21 bits per heavy atom. The van der Waals surface area contributed by atoms with Gasteiger partial charge in [0.05, 0.1) is 11.3 Å². The largest absolute Gasteiger partial charge is 0.300 e. The summed E-state index contributed by atoms with van der Waals surface area (Å²) in [7, 11) is 0. The lowest BCUT2D eigenvalue weighted by atomic mass is 9.95. The Morgan fingerprint density at radius 2 is 2.04 bits per heavy atom. The van der Waals surface area contributed by atoms with Crippen LogP contribution in [-0.2, 0) is 17.6 Å². The van der Waals surface area contributed by atoms with Crippen molar-refractivity contribution < 1.29 is 4.79 Å². The van der Waals surface area contributed by atoms with Gasteiger partial charge >= 0.3 is 0 Å². The zero-order valence-electron chi connectivity index (χ0n) is 15.0. The number of nitrogens with zero attached hydrogens (tertiary/aromatic N) is 4. The van der Waals surface area contributed by atoms with Gasteiger partial charge in [-0.05, 0) is 37.3 Å². The number of nitrogens with one attached hydrogen (secondary N) is 1. The molecule has 0 saturated carbocycles. The van der Waals surface area contributed by atoms with Crippen molar-refractivity contribution in [2.45, 2.75) is 30.7 Å². The predicted molar refractivity (Wildman–Crippen MR) is 110 cm³/mol. The van der Waals surface area contributed by atoms with Crippen LogP contribution in [0.2, 0.25) is 0 Å². The molecule has 8 heteroatoms. The number of amides is 1. The van der Waals surface area contributed by atoms with Crippen molar-refractivity contribution in [1.29, 1.82) is 5.26 Å². The van der Waals surface area contributed by atoms with Crippen molar-refractivity contribution >= 4 is 34.1 Å². The van der Waals surface area contributed by atoms with Crippen molar-refractivity contribution in [2.75, 3.05) is 11.1 Å². The highest BCUT2D eigenvalue weighted by molar-refractivity contribution is 8.00. The van der Waals surface area contributed by atoms with E-state index in [4.69, 9.17) is 0 Å². The van der Waals surface area contributed by atoms with Crippen LogP contribution in [0.3, 0.4) is 0 Å². The van der Waals surface area contributed by atoms with E-state index in [1.165, 1.54) is 28.7 Å². The van der Waals surface area contributed by atoms with Crippen molar-refractivity contribution in [1.82, 2.24) is 15.2 Å². The topological polar surface area (TPSA) is 91.6 Å². The zero-order chi connectivity index (χ0) is 19.3. The molecule has 3 aromatic rings. The molecule has 0 unspecified atom stereocenters. The van der Waals surface area contributed by atoms with E-state index in [-0.39, 0.29) is 11.7 Å².